The van der Waals surface area contributed by atoms with Gasteiger partial charge < -0.3 is 34.8 Å². The highest BCUT2D eigenvalue weighted by atomic mass is 35.5. The van der Waals surface area contributed by atoms with Gasteiger partial charge in [-0.3, -0.25) is 19.2 Å². The second kappa shape index (κ2) is 16.3. The summed E-state index contributed by atoms with van der Waals surface area (Å²) < 4.78 is 45.8. The van der Waals surface area contributed by atoms with E-state index < -0.39 is 17.8 Å². The van der Waals surface area contributed by atoms with Crippen molar-refractivity contribution in [2.45, 2.75) is 25.4 Å². The van der Waals surface area contributed by atoms with Gasteiger partial charge in [0, 0.05) is 83.9 Å². The molecule has 15 nitrogen and oxygen atoms in total. The Labute approximate surface area is 326 Å². The number of alkyl halides is 3. The molecule has 4 aromatic rings. The predicted molar refractivity (Wildman–Crippen MR) is 202 cm³/mol. The van der Waals surface area contributed by atoms with Gasteiger partial charge in [0.05, 0.1) is 67.1 Å². The van der Waals surface area contributed by atoms with Crippen LogP contribution in [0.3, 0.4) is 0 Å². The first-order valence-electron chi connectivity index (χ1n) is 18.2. The number of hydrogen-bond acceptors (Lipinski definition) is 8. The van der Waals surface area contributed by atoms with Gasteiger partial charge >= 0.3 is 6.18 Å². The summed E-state index contributed by atoms with van der Waals surface area (Å²) in [6.07, 6.45) is 0.810. The molecule has 0 spiro atoms. The zero-order chi connectivity index (χ0) is 40.4. The summed E-state index contributed by atoms with van der Waals surface area (Å²) in [5, 5.41) is 12.0. The topological polar surface area (TPSA) is 159 Å². The highest BCUT2D eigenvalue weighted by Gasteiger charge is 2.39. The molecule has 298 valence electrons. The van der Waals surface area contributed by atoms with Crippen LogP contribution in [0, 0.1) is 5.92 Å². The number of aromatic nitrogens is 5. The summed E-state index contributed by atoms with van der Waals surface area (Å²) in [5.41, 5.74) is -0.512. The van der Waals surface area contributed by atoms with Crippen molar-refractivity contribution in [3.8, 4) is 17.1 Å². The second-order valence-corrected chi connectivity index (χ2v) is 14.9. The van der Waals surface area contributed by atoms with Crippen LogP contribution in [0.25, 0.3) is 17.1 Å². The number of nitrogens with zero attached hydrogens (tertiary/aromatic N) is 8. The van der Waals surface area contributed by atoms with Gasteiger partial charge in [-0.15, -0.1) is 0 Å². The lowest BCUT2D eigenvalue weighted by Crippen LogP contribution is -2.54. The molecule has 4 amide bonds. The molecule has 2 aliphatic heterocycles. The van der Waals surface area contributed by atoms with E-state index in [1.165, 1.54) is 49.1 Å². The van der Waals surface area contributed by atoms with Crippen LogP contribution in [0.2, 0.25) is 5.02 Å². The maximum absolute atomic E-state index is 14.2. The van der Waals surface area contributed by atoms with Gasteiger partial charge in [0.15, 0.2) is 17.3 Å². The molecule has 6 rings (SSSR count). The third-order valence-electron chi connectivity index (χ3n) is 10.2. The van der Waals surface area contributed by atoms with Gasteiger partial charge in [-0.05, 0) is 30.3 Å². The number of benzene rings is 1. The first-order valence-corrected chi connectivity index (χ1v) is 18.5. The quantitative estimate of drug-likeness (QED) is 0.204. The average Bonchev–Trinajstić information content (AvgIpc) is 3.79. The summed E-state index contributed by atoms with van der Waals surface area (Å²) in [7, 11) is 7.28. The molecule has 0 unspecified atom stereocenters. The Kier molecular flexibility index (Phi) is 11.7. The van der Waals surface area contributed by atoms with Crippen LogP contribution in [-0.2, 0) is 22.8 Å². The first kappa shape index (κ1) is 40.2. The van der Waals surface area contributed by atoms with E-state index in [1.54, 1.807) is 11.0 Å². The Morgan fingerprint density at radius 2 is 1.62 bits per heavy atom. The highest BCUT2D eigenvalue weighted by molar-refractivity contribution is 6.34. The summed E-state index contributed by atoms with van der Waals surface area (Å²) in [6.45, 7) is 3.86. The third-order valence-corrected chi connectivity index (χ3v) is 10.6. The Hall–Kier alpha value is -5.49. The number of piperidine rings is 1. The Balaban J connectivity index is 1.09. The molecule has 5 heterocycles. The fourth-order valence-electron chi connectivity index (χ4n) is 6.86. The van der Waals surface area contributed by atoms with Crippen molar-refractivity contribution < 1.29 is 36.8 Å². The van der Waals surface area contributed by atoms with Crippen LogP contribution >= 0.6 is 11.6 Å². The molecule has 0 aliphatic carbocycles. The average molecular weight is 799 g/mol. The fraction of sp³-hybridized carbons (Fsp3) is 0.432. The van der Waals surface area contributed by atoms with Gasteiger partial charge in [-0.2, -0.15) is 18.3 Å². The number of nitrogens with one attached hydrogen (secondary N) is 3. The number of quaternary nitrogens is 1. The number of halogens is 4. The van der Waals surface area contributed by atoms with E-state index in [0.717, 1.165) is 47.5 Å². The number of amides is 4. The number of hydrogen-bond donors (Lipinski definition) is 3. The van der Waals surface area contributed by atoms with Crippen molar-refractivity contribution >= 4 is 46.6 Å². The normalized spacial score (nSPS) is 16.1. The zero-order valence-corrected chi connectivity index (χ0v) is 32.2. The van der Waals surface area contributed by atoms with Crippen LogP contribution in [-0.4, -0.2) is 129 Å². The lowest BCUT2D eigenvalue weighted by Gasteiger charge is -2.40. The van der Waals surface area contributed by atoms with E-state index in [9.17, 15) is 32.3 Å². The minimum atomic E-state index is -4.85. The Morgan fingerprint density at radius 3 is 2.25 bits per heavy atom. The molecule has 1 aromatic carbocycles. The molecule has 0 bridgehead atoms. The zero-order valence-electron chi connectivity index (χ0n) is 31.5. The molecule has 3 aromatic heterocycles. The lowest BCUT2D eigenvalue weighted by atomic mass is 9.94. The molecule has 2 fully saturated rings. The van der Waals surface area contributed by atoms with Crippen molar-refractivity contribution in [2.75, 3.05) is 77.6 Å². The van der Waals surface area contributed by atoms with Crippen LogP contribution < -0.4 is 16.0 Å². The van der Waals surface area contributed by atoms with Crippen molar-refractivity contribution in [3.05, 3.63) is 71.0 Å². The van der Waals surface area contributed by atoms with Crippen molar-refractivity contribution in [1.82, 2.24) is 39.4 Å². The van der Waals surface area contributed by atoms with Gasteiger partial charge in [0.25, 0.3) is 11.8 Å². The maximum atomic E-state index is 14.2. The lowest BCUT2D eigenvalue weighted by molar-refractivity contribution is -0.895. The largest absolute Gasteiger partial charge is 0.435 e. The number of pyridine rings is 1. The van der Waals surface area contributed by atoms with Gasteiger partial charge in [-0.1, -0.05) is 11.6 Å². The molecular weight excluding hydrogens is 755 g/mol. The summed E-state index contributed by atoms with van der Waals surface area (Å²) >= 11 is 6.53. The van der Waals surface area contributed by atoms with Crippen molar-refractivity contribution in [2.24, 2.45) is 13.0 Å². The van der Waals surface area contributed by atoms with Crippen LogP contribution in [0.15, 0.2) is 48.9 Å². The molecule has 2 aliphatic rings. The first-order chi connectivity index (χ1) is 26.5. The molecule has 3 N–H and O–H groups in total. The standard InChI is InChI=1S/C37H43ClF3N11O4/c1-42-31(53)9-12-43-25-6-8-30(44-20-25)51-22-27(32(47-51)37(39,40)41)29-21-45-33(48(29)2)34(54)46-24-5-7-26(28(38)19-24)36(56)50-15-13-49(14-16-50)35(55)23-10-17-52(3,4)18-11-23/h5-8,19-23,43H,9-18H2,1-4H3,(H-,42,46,53,54,56)/p+1. The van der Waals surface area contributed by atoms with Crippen molar-refractivity contribution in [3.63, 3.8) is 0 Å². The van der Waals surface area contributed by atoms with E-state index in [0.29, 0.717) is 38.4 Å². The summed E-state index contributed by atoms with van der Waals surface area (Å²) in [4.78, 5) is 63.1. The van der Waals surface area contributed by atoms with E-state index in [4.69, 9.17) is 11.6 Å². The van der Waals surface area contributed by atoms with E-state index in [1.807, 2.05) is 4.90 Å². The monoisotopic (exact) mass is 798 g/mol. The van der Waals surface area contributed by atoms with Crippen LogP contribution in [0.1, 0.15) is 45.9 Å². The number of carbonyl (C=O) groups is 4. The predicted octanol–water partition coefficient (Wildman–Crippen LogP) is 3.91. The van der Waals surface area contributed by atoms with Gasteiger partial charge in [-0.25, -0.2) is 14.6 Å². The SMILES string of the molecule is CNC(=O)CCNc1ccc(-n2cc(-c3cnc(C(=O)Nc4ccc(C(=O)N5CCN(C(=O)C6CC[N+](C)(C)CC6)CC5)c(Cl)c4)n3C)c(C(F)(F)F)n2)nc1. The maximum Gasteiger partial charge on any atom is 0.435 e. The Morgan fingerprint density at radius 1 is 0.946 bits per heavy atom. The van der Waals surface area contributed by atoms with Gasteiger partial charge in [0.2, 0.25) is 11.8 Å². The van der Waals surface area contributed by atoms with E-state index >= 15 is 0 Å². The number of rotatable bonds is 10. The molecule has 56 heavy (non-hydrogen) atoms. The van der Waals surface area contributed by atoms with Gasteiger partial charge in [0.1, 0.15) is 0 Å². The third kappa shape index (κ3) is 8.97. The van der Waals surface area contributed by atoms with Crippen molar-refractivity contribution in [1.29, 1.82) is 0 Å². The minimum absolute atomic E-state index is 0.0127. The fourth-order valence-corrected chi connectivity index (χ4v) is 7.12. The molecule has 0 radical (unpaired) electrons. The number of imidazole rings is 1. The van der Waals surface area contributed by atoms with E-state index in [-0.39, 0.29) is 69.2 Å². The van der Waals surface area contributed by atoms with Crippen LogP contribution in [0.4, 0.5) is 24.5 Å². The number of anilines is 2. The number of likely N-dealkylation sites (tertiary alicyclic amines) is 1. The molecule has 0 atom stereocenters. The molecule has 0 saturated carbocycles. The van der Waals surface area contributed by atoms with Crippen LogP contribution in [0.5, 0.6) is 0 Å². The smallest absolute Gasteiger partial charge is 0.383 e. The summed E-state index contributed by atoms with van der Waals surface area (Å²) in [6, 6.07) is 7.50. The number of piperazine rings is 1. The number of carbonyl (C=O) groups excluding carboxylic acids is 4. The Bertz CT molecular complexity index is 2100. The highest BCUT2D eigenvalue weighted by Crippen LogP contribution is 2.37. The molecular formula is C37H44ClF3N11O4+. The summed E-state index contributed by atoms with van der Waals surface area (Å²) in [5.74, 6) is -1.10. The van der Waals surface area contributed by atoms with E-state index in [2.05, 4.69) is 45.1 Å². The molecule has 19 heteroatoms. The molecule has 2 saturated heterocycles. The minimum Gasteiger partial charge on any atom is -0.383 e. The second-order valence-electron chi connectivity index (χ2n) is 14.5.